The molecule has 66 heavy (non-hydrogen) atoms. The number of carbonyl (C=O) groups excluding carboxylic acids is 1. The van der Waals surface area contributed by atoms with Gasteiger partial charge in [-0.2, -0.15) is 0 Å². The number of allylic oxidation sites excluding steroid dienone is 1. The number of hydrogen-bond acceptors (Lipinski definition) is 8. The van der Waals surface area contributed by atoms with Gasteiger partial charge in [0, 0.05) is 6.42 Å². The average molecular weight is 939 g/mol. The molecule has 1 heterocycles. The van der Waals surface area contributed by atoms with Crippen molar-refractivity contribution in [1.82, 2.24) is 5.32 Å². The molecule has 7 atom stereocenters. The second-order valence-electron chi connectivity index (χ2n) is 20.5. The summed E-state index contributed by atoms with van der Waals surface area (Å²) < 4.78 is 11.3. The van der Waals surface area contributed by atoms with E-state index in [2.05, 4.69) is 19.2 Å². The fourth-order valence-corrected chi connectivity index (χ4v) is 9.51. The van der Waals surface area contributed by atoms with E-state index in [-0.39, 0.29) is 12.5 Å². The highest BCUT2D eigenvalue weighted by Gasteiger charge is 2.44. The third kappa shape index (κ3) is 36.9. The van der Waals surface area contributed by atoms with Gasteiger partial charge < -0.3 is 40.3 Å². The monoisotopic (exact) mass is 938 g/mol. The summed E-state index contributed by atoms with van der Waals surface area (Å²) in [6, 6.07) is -0.799. The minimum absolute atomic E-state index is 0.170. The zero-order valence-corrected chi connectivity index (χ0v) is 43.5. The van der Waals surface area contributed by atoms with Gasteiger partial charge in [-0.3, -0.25) is 4.79 Å². The lowest BCUT2D eigenvalue weighted by atomic mass is 9.99. The number of amides is 1. The second-order valence-corrected chi connectivity index (χ2v) is 20.5. The number of hydrogen-bond donors (Lipinski definition) is 6. The fraction of sp³-hybridized carbons (Fsp3) is 0.947. The maximum Gasteiger partial charge on any atom is 0.220 e. The highest BCUT2D eigenvalue weighted by molar-refractivity contribution is 5.76. The summed E-state index contributed by atoms with van der Waals surface area (Å²) in [6.45, 7) is 3.81. The molecular formula is C57H111NO8. The molecule has 0 saturated carbocycles. The molecule has 0 aromatic rings. The quantitative estimate of drug-likeness (QED) is 0.0261. The number of nitrogens with one attached hydrogen (secondary N) is 1. The highest BCUT2D eigenvalue weighted by atomic mass is 16.7. The smallest absolute Gasteiger partial charge is 0.220 e. The van der Waals surface area contributed by atoms with Gasteiger partial charge in [0.1, 0.15) is 24.4 Å². The number of carbonyl (C=O) groups is 1. The third-order valence-corrected chi connectivity index (χ3v) is 14.1. The standard InChI is InChI=1S/C57H111NO8/c1-3-5-7-9-11-13-15-17-19-20-21-22-23-24-25-26-27-28-29-30-31-33-35-37-39-41-43-45-47-53(61)58-50(49-65-57-56(64)55(63)54(62)52(48-59)66-57)51(60)46-44-42-40-38-36-34-32-18-16-14-12-10-8-6-4-2/h44,46,50-52,54-57,59-60,62-64H,3-43,45,47-49H2,1-2H3,(H,58,61)/b46-44+. The van der Waals surface area contributed by atoms with Crippen molar-refractivity contribution in [3.05, 3.63) is 12.2 Å². The molecule has 1 saturated heterocycles. The number of rotatable bonds is 50. The zero-order valence-electron chi connectivity index (χ0n) is 43.5. The Hall–Kier alpha value is -1.07. The Morgan fingerprint density at radius 1 is 0.500 bits per heavy atom. The lowest BCUT2D eigenvalue weighted by Gasteiger charge is -2.40. The van der Waals surface area contributed by atoms with Crippen LogP contribution in [0.2, 0.25) is 0 Å². The first-order valence-electron chi connectivity index (χ1n) is 28.9. The van der Waals surface area contributed by atoms with Crippen LogP contribution >= 0.6 is 0 Å². The van der Waals surface area contributed by atoms with E-state index < -0.39 is 49.5 Å². The van der Waals surface area contributed by atoms with Gasteiger partial charge in [-0.25, -0.2) is 0 Å². The molecular weight excluding hydrogens is 827 g/mol. The van der Waals surface area contributed by atoms with Gasteiger partial charge in [-0.05, 0) is 19.3 Å². The number of ether oxygens (including phenoxy) is 2. The molecule has 1 aliphatic rings. The number of unbranched alkanes of at least 4 members (excludes halogenated alkanes) is 40. The van der Waals surface area contributed by atoms with Crippen molar-refractivity contribution in [1.29, 1.82) is 0 Å². The van der Waals surface area contributed by atoms with Gasteiger partial charge in [0.25, 0.3) is 0 Å². The Labute approximate surface area is 407 Å². The van der Waals surface area contributed by atoms with Crippen molar-refractivity contribution in [3.63, 3.8) is 0 Å². The Bertz CT molecular complexity index is 1040. The summed E-state index contributed by atoms with van der Waals surface area (Å²) in [4.78, 5) is 13.0. The van der Waals surface area contributed by atoms with Crippen LogP contribution in [-0.4, -0.2) is 87.5 Å². The van der Waals surface area contributed by atoms with Crippen molar-refractivity contribution in [2.24, 2.45) is 0 Å². The predicted octanol–water partition coefficient (Wildman–Crippen LogP) is 14.0. The third-order valence-electron chi connectivity index (χ3n) is 14.1. The first kappa shape index (κ1) is 62.9. The summed E-state index contributed by atoms with van der Waals surface area (Å²) in [5.41, 5.74) is 0. The minimum Gasteiger partial charge on any atom is -0.394 e. The molecule has 0 aliphatic carbocycles. The van der Waals surface area contributed by atoms with Crippen molar-refractivity contribution >= 4 is 5.91 Å². The molecule has 9 heteroatoms. The summed E-state index contributed by atoms with van der Waals surface area (Å²) >= 11 is 0. The Morgan fingerprint density at radius 3 is 1.18 bits per heavy atom. The van der Waals surface area contributed by atoms with Crippen LogP contribution in [0.25, 0.3) is 0 Å². The molecule has 0 bridgehead atoms. The molecule has 9 nitrogen and oxygen atoms in total. The van der Waals surface area contributed by atoms with E-state index in [0.717, 1.165) is 38.5 Å². The van der Waals surface area contributed by atoms with E-state index in [1.54, 1.807) is 6.08 Å². The average Bonchev–Trinajstić information content (AvgIpc) is 3.32. The molecule has 7 unspecified atom stereocenters. The van der Waals surface area contributed by atoms with Crippen LogP contribution in [0.4, 0.5) is 0 Å². The summed E-state index contributed by atoms with van der Waals surface area (Å²) in [7, 11) is 0. The van der Waals surface area contributed by atoms with Crippen LogP contribution in [0.3, 0.4) is 0 Å². The number of aliphatic hydroxyl groups excluding tert-OH is 5. The van der Waals surface area contributed by atoms with Gasteiger partial charge >= 0.3 is 0 Å². The van der Waals surface area contributed by atoms with Gasteiger partial charge in [0.2, 0.25) is 5.91 Å². The fourth-order valence-electron chi connectivity index (χ4n) is 9.51. The van der Waals surface area contributed by atoms with Crippen molar-refractivity contribution in [2.75, 3.05) is 13.2 Å². The van der Waals surface area contributed by atoms with E-state index in [1.165, 1.54) is 231 Å². The molecule has 1 rings (SSSR count). The SMILES string of the molecule is CCCCCCCCCCCCCCC/C=C/C(O)C(COC1OC(CO)C(O)C(O)C1O)NC(=O)CCCCCCCCCCCCCCCCCCCCCCCCCCCCCC. The van der Waals surface area contributed by atoms with E-state index in [1.807, 2.05) is 6.08 Å². The van der Waals surface area contributed by atoms with Crippen LogP contribution in [0.15, 0.2) is 12.2 Å². The lowest BCUT2D eigenvalue weighted by Crippen LogP contribution is -2.60. The first-order chi connectivity index (χ1) is 32.3. The van der Waals surface area contributed by atoms with E-state index in [9.17, 15) is 30.3 Å². The molecule has 6 N–H and O–H groups in total. The first-order valence-corrected chi connectivity index (χ1v) is 28.9. The van der Waals surface area contributed by atoms with Crippen molar-refractivity contribution < 1.29 is 39.8 Å². The normalized spacial score (nSPS) is 19.8. The van der Waals surface area contributed by atoms with Crippen LogP contribution in [-0.2, 0) is 14.3 Å². The summed E-state index contributed by atoms with van der Waals surface area (Å²) in [6.07, 6.45) is 51.4. The second kappa shape index (κ2) is 47.6. The van der Waals surface area contributed by atoms with E-state index in [4.69, 9.17) is 9.47 Å². The van der Waals surface area contributed by atoms with Crippen molar-refractivity contribution in [3.8, 4) is 0 Å². The van der Waals surface area contributed by atoms with E-state index >= 15 is 0 Å². The van der Waals surface area contributed by atoms with Gasteiger partial charge in [-0.15, -0.1) is 0 Å². The lowest BCUT2D eigenvalue weighted by molar-refractivity contribution is -0.302. The van der Waals surface area contributed by atoms with Crippen LogP contribution < -0.4 is 5.32 Å². The molecule has 0 spiro atoms. The summed E-state index contributed by atoms with van der Waals surface area (Å²) in [5.74, 6) is -0.170. The number of aliphatic hydroxyl groups is 5. The zero-order chi connectivity index (χ0) is 48.0. The van der Waals surface area contributed by atoms with Gasteiger partial charge in [0.15, 0.2) is 6.29 Å². The molecule has 0 radical (unpaired) electrons. The Balaban J connectivity index is 2.16. The van der Waals surface area contributed by atoms with Crippen LogP contribution in [0.1, 0.15) is 290 Å². The molecule has 0 aromatic heterocycles. The highest BCUT2D eigenvalue weighted by Crippen LogP contribution is 2.23. The largest absolute Gasteiger partial charge is 0.394 e. The molecule has 1 aliphatic heterocycles. The molecule has 1 amide bonds. The predicted molar refractivity (Wildman–Crippen MR) is 277 cm³/mol. The van der Waals surface area contributed by atoms with Gasteiger partial charge in [-0.1, -0.05) is 276 Å². The van der Waals surface area contributed by atoms with Crippen LogP contribution in [0, 0.1) is 0 Å². The maximum absolute atomic E-state index is 13.0. The Kier molecular flexibility index (Phi) is 45.4. The minimum atomic E-state index is -1.56. The molecule has 392 valence electrons. The molecule has 1 fully saturated rings. The maximum atomic E-state index is 13.0. The topological polar surface area (TPSA) is 149 Å². The van der Waals surface area contributed by atoms with E-state index in [0.29, 0.717) is 6.42 Å². The van der Waals surface area contributed by atoms with Crippen molar-refractivity contribution in [2.45, 2.75) is 333 Å². The van der Waals surface area contributed by atoms with Crippen LogP contribution in [0.5, 0.6) is 0 Å². The Morgan fingerprint density at radius 2 is 0.833 bits per heavy atom. The summed E-state index contributed by atoms with van der Waals surface area (Å²) in [5, 5.41) is 54.4. The van der Waals surface area contributed by atoms with Gasteiger partial charge in [0.05, 0.1) is 25.4 Å². The molecule has 0 aromatic carbocycles.